The van der Waals surface area contributed by atoms with Gasteiger partial charge in [-0.3, -0.25) is 0 Å². The summed E-state index contributed by atoms with van der Waals surface area (Å²) in [4.78, 5) is 2.31. The Kier molecular flexibility index (Phi) is 4.59. The zero-order valence-electron chi connectivity index (χ0n) is 10.7. The Morgan fingerprint density at radius 3 is 2.82 bits per heavy atom. The summed E-state index contributed by atoms with van der Waals surface area (Å²) in [7, 11) is 0. The molecule has 2 heterocycles. The smallest absolute Gasteiger partial charge is 0.270 e. The van der Waals surface area contributed by atoms with Crippen molar-refractivity contribution in [3.8, 4) is 5.88 Å². The van der Waals surface area contributed by atoms with Gasteiger partial charge in [-0.2, -0.15) is 4.37 Å². The van der Waals surface area contributed by atoms with Crippen LogP contribution in [0.1, 0.15) is 39.5 Å². The molecule has 5 heteroatoms. The first-order valence-electron chi connectivity index (χ1n) is 6.51. The molecule has 4 nitrogen and oxygen atoms in total. The number of rotatable bonds is 5. The van der Waals surface area contributed by atoms with E-state index in [0.29, 0.717) is 0 Å². The summed E-state index contributed by atoms with van der Waals surface area (Å²) in [6, 6.07) is 0. The summed E-state index contributed by atoms with van der Waals surface area (Å²) < 4.78 is 14.3. The van der Waals surface area contributed by atoms with Gasteiger partial charge >= 0.3 is 0 Å². The third-order valence-electron chi connectivity index (χ3n) is 3.26. The normalized spacial score (nSPS) is 17.4. The fourth-order valence-corrected chi connectivity index (χ4v) is 2.51. The quantitative estimate of drug-likeness (QED) is 0.758. The summed E-state index contributed by atoms with van der Waals surface area (Å²) >= 11 is 1.25. The van der Waals surface area contributed by atoms with Gasteiger partial charge in [0.25, 0.3) is 5.88 Å². The topological polar surface area (TPSA) is 38.3 Å². The summed E-state index contributed by atoms with van der Waals surface area (Å²) in [6.07, 6.45) is 4.71. The second-order valence-electron chi connectivity index (χ2n) is 4.76. The molecule has 0 spiro atoms. The lowest BCUT2D eigenvalue weighted by molar-refractivity contribution is 0.299. The third-order valence-corrected chi connectivity index (χ3v) is 3.76. The molecule has 0 N–H and O–H groups in total. The van der Waals surface area contributed by atoms with E-state index < -0.39 is 0 Å². The number of hydrogen-bond acceptors (Lipinski definition) is 5. The van der Waals surface area contributed by atoms with Gasteiger partial charge in [0.1, 0.15) is 0 Å². The van der Waals surface area contributed by atoms with E-state index in [0.717, 1.165) is 50.2 Å². The van der Waals surface area contributed by atoms with Crippen LogP contribution >= 0.6 is 11.7 Å². The van der Waals surface area contributed by atoms with Crippen molar-refractivity contribution < 1.29 is 4.74 Å². The zero-order valence-corrected chi connectivity index (χ0v) is 11.5. The number of unbranched alkanes of at least 4 members (excludes halogenated alkanes) is 1. The highest BCUT2D eigenvalue weighted by Gasteiger charge is 2.21. The molecule has 1 aliphatic rings. The maximum atomic E-state index is 5.69. The van der Waals surface area contributed by atoms with Crippen LogP contribution in [0.4, 0.5) is 5.82 Å². The highest BCUT2D eigenvalue weighted by molar-refractivity contribution is 6.99. The average Bonchev–Trinajstić information content (AvgIpc) is 2.79. The van der Waals surface area contributed by atoms with Crippen LogP contribution in [0.3, 0.4) is 0 Å². The Hall–Kier alpha value is -0.840. The first kappa shape index (κ1) is 12.6. The van der Waals surface area contributed by atoms with Crippen molar-refractivity contribution >= 4 is 17.5 Å². The van der Waals surface area contributed by atoms with Gasteiger partial charge in [0.2, 0.25) is 5.82 Å². The minimum atomic E-state index is 0.734. The average molecular weight is 255 g/mol. The molecular formula is C12H21N3OS. The van der Waals surface area contributed by atoms with E-state index >= 15 is 0 Å². The molecule has 17 heavy (non-hydrogen) atoms. The second-order valence-corrected chi connectivity index (χ2v) is 5.29. The molecule has 96 valence electrons. The van der Waals surface area contributed by atoms with Crippen LogP contribution in [0.5, 0.6) is 5.88 Å². The fraction of sp³-hybridized carbons (Fsp3) is 0.833. The van der Waals surface area contributed by atoms with Crippen LogP contribution in [0.25, 0.3) is 0 Å². The summed E-state index contributed by atoms with van der Waals surface area (Å²) in [5.74, 6) is 2.53. The predicted octanol–water partition coefficient (Wildman–Crippen LogP) is 2.95. The highest BCUT2D eigenvalue weighted by atomic mass is 32.1. The van der Waals surface area contributed by atoms with Crippen molar-refractivity contribution in [3.05, 3.63) is 0 Å². The molecule has 0 aliphatic carbocycles. The van der Waals surface area contributed by atoms with Crippen molar-refractivity contribution in [2.45, 2.75) is 39.5 Å². The maximum absolute atomic E-state index is 5.69. The molecule has 1 aliphatic heterocycles. The van der Waals surface area contributed by atoms with E-state index in [1.54, 1.807) is 0 Å². The Balaban J connectivity index is 1.93. The predicted molar refractivity (Wildman–Crippen MR) is 70.9 cm³/mol. The van der Waals surface area contributed by atoms with Crippen molar-refractivity contribution in [2.75, 3.05) is 24.6 Å². The van der Waals surface area contributed by atoms with Crippen molar-refractivity contribution in [1.82, 2.24) is 8.75 Å². The van der Waals surface area contributed by atoms with Crippen LogP contribution in [-0.2, 0) is 0 Å². The molecular weight excluding hydrogens is 234 g/mol. The molecule has 0 radical (unpaired) electrons. The minimum absolute atomic E-state index is 0.734. The molecule has 0 atom stereocenters. The molecule has 0 saturated carbocycles. The summed E-state index contributed by atoms with van der Waals surface area (Å²) in [5.41, 5.74) is 0. The van der Waals surface area contributed by atoms with E-state index in [9.17, 15) is 0 Å². The SMILES string of the molecule is CCCCOc1nsnc1N1CCC(C)CC1. The lowest BCUT2D eigenvalue weighted by Gasteiger charge is -2.30. The lowest BCUT2D eigenvalue weighted by atomic mass is 9.99. The zero-order chi connectivity index (χ0) is 12.1. The number of anilines is 1. The third kappa shape index (κ3) is 3.31. The Bertz CT molecular complexity index is 334. The van der Waals surface area contributed by atoms with Gasteiger partial charge in [0.05, 0.1) is 18.3 Å². The monoisotopic (exact) mass is 255 g/mol. The minimum Gasteiger partial charge on any atom is -0.474 e. The Morgan fingerprint density at radius 1 is 1.35 bits per heavy atom. The lowest BCUT2D eigenvalue weighted by Crippen LogP contribution is -2.33. The van der Waals surface area contributed by atoms with Crippen molar-refractivity contribution in [3.63, 3.8) is 0 Å². The number of ether oxygens (including phenoxy) is 1. The van der Waals surface area contributed by atoms with Crippen molar-refractivity contribution in [2.24, 2.45) is 5.92 Å². The molecule has 1 aromatic rings. The van der Waals surface area contributed by atoms with E-state index in [1.807, 2.05) is 0 Å². The molecule has 1 saturated heterocycles. The number of hydrogen-bond donors (Lipinski definition) is 0. The van der Waals surface area contributed by atoms with Gasteiger partial charge in [-0.15, -0.1) is 4.37 Å². The molecule has 2 rings (SSSR count). The van der Waals surface area contributed by atoms with E-state index in [4.69, 9.17) is 4.74 Å². The summed E-state index contributed by atoms with van der Waals surface area (Å²) in [6.45, 7) is 7.39. The number of nitrogens with zero attached hydrogens (tertiary/aromatic N) is 3. The van der Waals surface area contributed by atoms with Crippen LogP contribution in [0, 0.1) is 5.92 Å². The highest BCUT2D eigenvalue weighted by Crippen LogP contribution is 2.29. The van der Waals surface area contributed by atoms with Gasteiger partial charge in [-0.05, 0) is 25.2 Å². The Morgan fingerprint density at radius 2 is 2.12 bits per heavy atom. The van der Waals surface area contributed by atoms with Gasteiger partial charge in [-0.25, -0.2) is 0 Å². The van der Waals surface area contributed by atoms with Gasteiger partial charge < -0.3 is 9.64 Å². The second kappa shape index (κ2) is 6.19. The van der Waals surface area contributed by atoms with Gasteiger partial charge in [0.15, 0.2) is 0 Å². The number of piperidine rings is 1. The van der Waals surface area contributed by atoms with E-state index in [1.165, 1.54) is 24.6 Å². The van der Waals surface area contributed by atoms with E-state index in [2.05, 4.69) is 27.5 Å². The first-order chi connectivity index (χ1) is 8.31. The number of aromatic nitrogens is 2. The maximum Gasteiger partial charge on any atom is 0.270 e. The van der Waals surface area contributed by atoms with Gasteiger partial charge in [-0.1, -0.05) is 20.3 Å². The molecule has 0 amide bonds. The molecule has 0 unspecified atom stereocenters. The molecule has 1 aromatic heterocycles. The molecule has 1 fully saturated rings. The molecule has 0 bridgehead atoms. The van der Waals surface area contributed by atoms with Crippen LogP contribution in [0.15, 0.2) is 0 Å². The largest absolute Gasteiger partial charge is 0.474 e. The fourth-order valence-electron chi connectivity index (χ4n) is 1.99. The first-order valence-corrected chi connectivity index (χ1v) is 7.24. The standard InChI is InChI=1S/C12H21N3OS/c1-3-4-9-16-12-11(13-17-14-12)15-7-5-10(2)6-8-15/h10H,3-9H2,1-2H3. The van der Waals surface area contributed by atoms with Crippen LogP contribution in [0.2, 0.25) is 0 Å². The Labute approximate surface area is 107 Å². The van der Waals surface area contributed by atoms with Gasteiger partial charge in [0, 0.05) is 13.1 Å². The van der Waals surface area contributed by atoms with Crippen molar-refractivity contribution in [1.29, 1.82) is 0 Å². The molecule has 0 aromatic carbocycles. The van der Waals surface area contributed by atoms with E-state index in [-0.39, 0.29) is 0 Å². The summed E-state index contributed by atoms with van der Waals surface area (Å²) in [5, 5.41) is 0. The van der Waals surface area contributed by atoms with Crippen LogP contribution < -0.4 is 9.64 Å². The van der Waals surface area contributed by atoms with Crippen LogP contribution in [-0.4, -0.2) is 28.4 Å².